The number of amides is 1. The summed E-state index contributed by atoms with van der Waals surface area (Å²) in [5, 5.41) is 17.0. The van der Waals surface area contributed by atoms with E-state index in [1.165, 1.54) is 12.1 Å². The van der Waals surface area contributed by atoms with E-state index in [2.05, 4.69) is 5.32 Å². The van der Waals surface area contributed by atoms with Crippen molar-refractivity contribution in [3.63, 3.8) is 0 Å². The molecule has 0 aliphatic heterocycles. The minimum atomic E-state index is -3.70. The number of nitrogens with two attached hydrogens (primary N) is 2. The zero-order valence-electron chi connectivity index (χ0n) is 13.6. The number of carbonyl (C=O) groups excluding carboxylic acids is 1. The van der Waals surface area contributed by atoms with Gasteiger partial charge in [0.15, 0.2) is 0 Å². The first-order valence-corrected chi connectivity index (χ1v) is 9.23. The molecule has 1 atom stereocenters. The fourth-order valence-corrected chi connectivity index (χ4v) is 2.80. The zero-order valence-corrected chi connectivity index (χ0v) is 14.4. The van der Waals surface area contributed by atoms with Gasteiger partial charge in [-0.1, -0.05) is 24.3 Å². The van der Waals surface area contributed by atoms with Gasteiger partial charge in [0.25, 0.3) is 0 Å². The van der Waals surface area contributed by atoms with E-state index >= 15 is 0 Å². The minimum absolute atomic E-state index is 0.0520. The normalized spacial score (nSPS) is 12.6. The number of hydrogen-bond donors (Lipinski definition) is 4. The van der Waals surface area contributed by atoms with Gasteiger partial charge in [0, 0.05) is 6.54 Å². The van der Waals surface area contributed by atoms with Gasteiger partial charge in [-0.3, -0.25) is 4.79 Å². The number of phenols is 1. The third-order valence-electron chi connectivity index (χ3n) is 3.69. The van der Waals surface area contributed by atoms with Crippen LogP contribution in [-0.4, -0.2) is 32.0 Å². The number of hydrogen-bond acceptors (Lipinski definition) is 5. The van der Waals surface area contributed by atoms with Crippen molar-refractivity contribution in [3.8, 4) is 5.75 Å². The molecule has 0 saturated carbocycles. The van der Waals surface area contributed by atoms with Crippen LogP contribution in [0.2, 0.25) is 0 Å². The van der Waals surface area contributed by atoms with Gasteiger partial charge < -0.3 is 16.2 Å². The van der Waals surface area contributed by atoms with Crippen LogP contribution >= 0.6 is 0 Å². The summed E-state index contributed by atoms with van der Waals surface area (Å²) in [5.41, 5.74) is 7.61. The second-order valence-electron chi connectivity index (χ2n) is 5.71. The maximum Gasteiger partial charge on any atom is 0.238 e. The second kappa shape index (κ2) is 8.11. The summed E-state index contributed by atoms with van der Waals surface area (Å²) in [6, 6.07) is 12.0. The van der Waals surface area contributed by atoms with Crippen molar-refractivity contribution in [3.05, 3.63) is 59.7 Å². The molecule has 2 aromatic carbocycles. The highest BCUT2D eigenvalue weighted by Crippen LogP contribution is 2.11. The van der Waals surface area contributed by atoms with Gasteiger partial charge >= 0.3 is 0 Å². The molecule has 8 heteroatoms. The molecule has 2 rings (SSSR count). The Morgan fingerprint density at radius 1 is 1.04 bits per heavy atom. The minimum Gasteiger partial charge on any atom is -0.508 e. The van der Waals surface area contributed by atoms with Crippen LogP contribution < -0.4 is 16.2 Å². The Kier molecular flexibility index (Phi) is 6.13. The third kappa shape index (κ3) is 5.86. The van der Waals surface area contributed by atoms with E-state index in [1.807, 2.05) is 0 Å². The van der Waals surface area contributed by atoms with Crippen LogP contribution in [0.5, 0.6) is 5.75 Å². The van der Waals surface area contributed by atoms with Crippen molar-refractivity contribution >= 4 is 15.9 Å². The van der Waals surface area contributed by atoms with Gasteiger partial charge in [-0.05, 0) is 48.2 Å². The lowest BCUT2D eigenvalue weighted by Gasteiger charge is -2.12. The van der Waals surface area contributed by atoms with E-state index < -0.39 is 16.1 Å². The van der Waals surface area contributed by atoms with Crippen LogP contribution in [0.3, 0.4) is 0 Å². The average molecular weight is 363 g/mol. The Labute approximate surface area is 146 Å². The molecule has 1 unspecified atom stereocenters. The Balaban J connectivity index is 1.80. The molecule has 0 heterocycles. The van der Waals surface area contributed by atoms with Crippen LogP contribution in [0.1, 0.15) is 11.1 Å². The Hall–Kier alpha value is -2.42. The van der Waals surface area contributed by atoms with Crippen molar-refractivity contribution in [1.82, 2.24) is 5.32 Å². The van der Waals surface area contributed by atoms with Gasteiger partial charge in [-0.2, -0.15) is 0 Å². The molecule has 0 aliphatic carbocycles. The molecule has 2 aromatic rings. The molecule has 7 nitrogen and oxygen atoms in total. The van der Waals surface area contributed by atoms with E-state index in [-0.39, 0.29) is 16.6 Å². The number of primary sulfonamides is 1. The summed E-state index contributed by atoms with van der Waals surface area (Å²) in [6.45, 7) is 0.386. The number of carbonyl (C=O) groups is 1. The highest BCUT2D eigenvalue weighted by atomic mass is 32.2. The Bertz CT molecular complexity index is 818. The predicted octanol–water partition coefficient (Wildman–Crippen LogP) is 0.268. The lowest BCUT2D eigenvalue weighted by molar-refractivity contribution is -0.122. The molecule has 0 spiro atoms. The van der Waals surface area contributed by atoms with Crippen LogP contribution in [-0.2, 0) is 27.7 Å². The summed E-state index contributed by atoms with van der Waals surface area (Å²) < 4.78 is 22.4. The summed E-state index contributed by atoms with van der Waals surface area (Å²) in [5.74, 6) is -0.107. The molecule has 0 saturated heterocycles. The number of phenolic OH excluding ortho intramolecular Hbond substituents is 1. The fraction of sp³-hybridized carbons (Fsp3) is 0.235. The van der Waals surface area contributed by atoms with E-state index in [9.17, 15) is 18.3 Å². The van der Waals surface area contributed by atoms with E-state index in [1.54, 1.807) is 36.4 Å². The summed E-state index contributed by atoms with van der Waals surface area (Å²) in [6.07, 6.45) is 0.914. The quantitative estimate of drug-likeness (QED) is 0.560. The van der Waals surface area contributed by atoms with Gasteiger partial charge in [0.1, 0.15) is 5.75 Å². The topological polar surface area (TPSA) is 136 Å². The lowest BCUT2D eigenvalue weighted by Crippen LogP contribution is -2.42. The zero-order chi connectivity index (χ0) is 18.4. The van der Waals surface area contributed by atoms with Crippen molar-refractivity contribution in [2.45, 2.75) is 23.8 Å². The maximum atomic E-state index is 12.0. The molecular weight excluding hydrogens is 342 g/mol. The molecule has 0 fully saturated rings. The van der Waals surface area contributed by atoms with Gasteiger partial charge in [0.2, 0.25) is 15.9 Å². The maximum absolute atomic E-state index is 12.0. The lowest BCUT2D eigenvalue weighted by atomic mass is 10.1. The van der Waals surface area contributed by atoms with Gasteiger partial charge in [-0.15, -0.1) is 0 Å². The number of benzene rings is 2. The van der Waals surface area contributed by atoms with E-state index in [4.69, 9.17) is 10.9 Å². The van der Waals surface area contributed by atoms with Crippen LogP contribution in [0.25, 0.3) is 0 Å². The van der Waals surface area contributed by atoms with Crippen molar-refractivity contribution in [2.24, 2.45) is 10.9 Å². The van der Waals surface area contributed by atoms with Crippen molar-refractivity contribution in [1.29, 1.82) is 0 Å². The van der Waals surface area contributed by atoms with Crippen molar-refractivity contribution in [2.75, 3.05) is 6.54 Å². The summed E-state index contributed by atoms with van der Waals surface area (Å²) >= 11 is 0. The number of nitrogens with one attached hydrogen (secondary N) is 1. The van der Waals surface area contributed by atoms with Gasteiger partial charge in [-0.25, -0.2) is 13.6 Å². The first-order chi connectivity index (χ1) is 11.8. The number of aromatic hydroxyl groups is 1. The van der Waals surface area contributed by atoms with Gasteiger partial charge in [0.05, 0.1) is 10.9 Å². The van der Waals surface area contributed by atoms with Crippen LogP contribution in [0.15, 0.2) is 53.4 Å². The second-order valence-corrected chi connectivity index (χ2v) is 7.27. The number of sulfonamides is 1. The molecule has 1 amide bonds. The standard InChI is InChI=1S/C17H21N3O4S/c18-16(11-13-1-5-14(21)6-2-13)17(22)20-10-9-12-3-7-15(8-4-12)25(19,23)24/h1-8,16,21H,9-11,18H2,(H,20,22)(H2,19,23,24). The van der Waals surface area contributed by atoms with Crippen molar-refractivity contribution < 1.29 is 18.3 Å². The molecule has 0 bridgehead atoms. The smallest absolute Gasteiger partial charge is 0.238 e. The molecule has 0 aromatic heterocycles. The molecule has 25 heavy (non-hydrogen) atoms. The highest BCUT2D eigenvalue weighted by molar-refractivity contribution is 7.89. The SMILES string of the molecule is NC(Cc1ccc(O)cc1)C(=O)NCCc1ccc(S(N)(=O)=O)cc1. The third-order valence-corrected chi connectivity index (χ3v) is 4.62. The van der Waals surface area contributed by atoms with E-state index in [0.29, 0.717) is 19.4 Å². The summed E-state index contributed by atoms with van der Waals surface area (Å²) in [7, 11) is -3.70. The molecule has 6 N–H and O–H groups in total. The fourth-order valence-electron chi connectivity index (χ4n) is 2.29. The Morgan fingerprint density at radius 3 is 2.16 bits per heavy atom. The largest absolute Gasteiger partial charge is 0.508 e. The monoisotopic (exact) mass is 363 g/mol. The van der Waals surface area contributed by atoms with Crippen LogP contribution in [0.4, 0.5) is 0 Å². The first-order valence-electron chi connectivity index (χ1n) is 7.68. The molecule has 0 aliphatic rings. The highest BCUT2D eigenvalue weighted by Gasteiger charge is 2.13. The summed E-state index contributed by atoms with van der Waals surface area (Å²) in [4.78, 5) is 12.1. The Morgan fingerprint density at radius 2 is 1.60 bits per heavy atom. The predicted molar refractivity (Wildman–Crippen MR) is 94.3 cm³/mol. The molecule has 134 valence electrons. The van der Waals surface area contributed by atoms with Crippen LogP contribution in [0, 0.1) is 0 Å². The first kappa shape index (κ1) is 18.9. The molecule has 0 radical (unpaired) electrons. The van der Waals surface area contributed by atoms with E-state index in [0.717, 1.165) is 11.1 Å². The molecular formula is C17H21N3O4S. The average Bonchev–Trinajstić information content (AvgIpc) is 2.56. The number of rotatable bonds is 7.